The lowest BCUT2D eigenvalue weighted by atomic mass is 10.0. The van der Waals surface area contributed by atoms with Crippen LogP contribution in [0.15, 0.2) is 18.2 Å². The predicted octanol–water partition coefficient (Wildman–Crippen LogP) is 5.00. The number of benzene rings is 1. The molecule has 2 rings (SSSR count). The van der Waals surface area contributed by atoms with Crippen LogP contribution in [0.5, 0.6) is 0 Å². The van der Waals surface area contributed by atoms with E-state index >= 15 is 0 Å². The number of rotatable bonds is 2. The molecule has 1 heterocycles. The summed E-state index contributed by atoms with van der Waals surface area (Å²) in [6.45, 7) is 0.845. The van der Waals surface area contributed by atoms with Gasteiger partial charge in [-0.15, -0.1) is 0 Å². The SMILES string of the molecule is Clc1ccc(C(Br)C2CCCCO2)c(Cl)c1. The van der Waals surface area contributed by atoms with Crippen LogP contribution in [0.2, 0.25) is 10.0 Å². The molecule has 2 unspecified atom stereocenters. The third-order valence-electron chi connectivity index (χ3n) is 2.80. The quantitative estimate of drug-likeness (QED) is 0.696. The van der Waals surface area contributed by atoms with E-state index in [4.69, 9.17) is 27.9 Å². The van der Waals surface area contributed by atoms with Crippen molar-refractivity contribution in [2.45, 2.75) is 30.2 Å². The normalized spacial score (nSPS) is 23.1. The number of halogens is 3. The van der Waals surface area contributed by atoms with Crippen molar-refractivity contribution in [3.8, 4) is 0 Å². The molecule has 0 N–H and O–H groups in total. The Kier molecular flexibility index (Phi) is 4.54. The molecule has 1 aromatic rings. The molecule has 0 aromatic heterocycles. The van der Waals surface area contributed by atoms with Gasteiger partial charge in [-0.1, -0.05) is 45.2 Å². The van der Waals surface area contributed by atoms with E-state index < -0.39 is 0 Å². The van der Waals surface area contributed by atoms with Crippen LogP contribution in [0.1, 0.15) is 29.7 Å². The number of alkyl halides is 1. The van der Waals surface area contributed by atoms with Gasteiger partial charge in [-0.3, -0.25) is 0 Å². The first-order valence-electron chi connectivity index (χ1n) is 5.39. The van der Waals surface area contributed by atoms with Crippen molar-refractivity contribution in [3.05, 3.63) is 33.8 Å². The maximum absolute atomic E-state index is 6.17. The van der Waals surface area contributed by atoms with Crippen LogP contribution in [0, 0.1) is 0 Å². The van der Waals surface area contributed by atoms with Gasteiger partial charge in [0.2, 0.25) is 0 Å². The third kappa shape index (κ3) is 2.92. The van der Waals surface area contributed by atoms with Gasteiger partial charge in [-0.05, 0) is 37.0 Å². The molecule has 0 saturated carbocycles. The average molecular weight is 324 g/mol. The van der Waals surface area contributed by atoms with E-state index in [-0.39, 0.29) is 10.9 Å². The van der Waals surface area contributed by atoms with Crippen molar-refractivity contribution in [2.75, 3.05) is 6.61 Å². The fourth-order valence-electron chi connectivity index (χ4n) is 1.92. The summed E-state index contributed by atoms with van der Waals surface area (Å²) in [6, 6.07) is 5.59. The van der Waals surface area contributed by atoms with Gasteiger partial charge in [-0.2, -0.15) is 0 Å². The fraction of sp³-hybridized carbons (Fsp3) is 0.500. The molecule has 0 spiro atoms. The van der Waals surface area contributed by atoms with Gasteiger partial charge in [-0.25, -0.2) is 0 Å². The van der Waals surface area contributed by atoms with Gasteiger partial charge < -0.3 is 4.74 Å². The predicted molar refractivity (Wildman–Crippen MR) is 71.7 cm³/mol. The lowest BCUT2D eigenvalue weighted by molar-refractivity contribution is 0.0160. The first-order valence-corrected chi connectivity index (χ1v) is 7.06. The topological polar surface area (TPSA) is 9.23 Å². The van der Waals surface area contributed by atoms with Gasteiger partial charge in [0, 0.05) is 16.7 Å². The molecule has 0 radical (unpaired) electrons. The van der Waals surface area contributed by atoms with Crippen molar-refractivity contribution in [1.29, 1.82) is 0 Å². The van der Waals surface area contributed by atoms with Crippen molar-refractivity contribution in [3.63, 3.8) is 0 Å². The number of hydrogen-bond acceptors (Lipinski definition) is 1. The van der Waals surface area contributed by atoms with E-state index in [1.807, 2.05) is 12.1 Å². The second kappa shape index (κ2) is 5.72. The molecule has 1 saturated heterocycles. The molecule has 2 atom stereocenters. The highest BCUT2D eigenvalue weighted by atomic mass is 79.9. The van der Waals surface area contributed by atoms with Gasteiger partial charge in [0.15, 0.2) is 0 Å². The zero-order chi connectivity index (χ0) is 11.5. The highest BCUT2D eigenvalue weighted by Gasteiger charge is 2.25. The first kappa shape index (κ1) is 12.7. The largest absolute Gasteiger partial charge is 0.377 e. The van der Waals surface area contributed by atoms with Crippen LogP contribution in [-0.4, -0.2) is 12.7 Å². The molecule has 0 aliphatic carbocycles. The maximum atomic E-state index is 6.17. The molecule has 1 aliphatic rings. The Morgan fingerprint density at radius 1 is 1.31 bits per heavy atom. The van der Waals surface area contributed by atoms with Crippen LogP contribution in [0.3, 0.4) is 0 Å². The molecule has 1 nitrogen and oxygen atoms in total. The summed E-state index contributed by atoms with van der Waals surface area (Å²) >= 11 is 15.7. The first-order chi connectivity index (χ1) is 7.68. The van der Waals surface area contributed by atoms with Crippen LogP contribution in [0.4, 0.5) is 0 Å². The van der Waals surface area contributed by atoms with Crippen molar-refractivity contribution < 1.29 is 4.74 Å². The van der Waals surface area contributed by atoms with E-state index in [2.05, 4.69) is 15.9 Å². The average Bonchev–Trinajstić information content (AvgIpc) is 2.29. The summed E-state index contributed by atoms with van der Waals surface area (Å²) in [7, 11) is 0. The third-order valence-corrected chi connectivity index (χ3v) is 4.45. The standard InChI is InChI=1S/C12H13BrCl2O/c13-12(11-3-1-2-6-16-11)9-5-4-8(14)7-10(9)15/h4-5,7,11-12H,1-3,6H2. The molecule has 4 heteroatoms. The Bertz CT molecular complexity index is 364. The summed E-state index contributed by atoms with van der Waals surface area (Å²) in [5.74, 6) is 0. The molecule has 1 aliphatic heterocycles. The Labute approximate surface area is 114 Å². The molecule has 1 aromatic carbocycles. The molecule has 0 bridgehead atoms. The zero-order valence-corrected chi connectivity index (χ0v) is 11.9. The van der Waals surface area contributed by atoms with Gasteiger partial charge in [0.1, 0.15) is 0 Å². The van der Waals surface area contributed by atoms with Gasteiger partial charge >= 0.3 is 0 Å². The van der Waals surface area contributed by atoms with Gasteiger partial charge in [0.05, 0.1) is 10.9 Å². The summed E-state index contributed by atoms with van der Waals surface area (Å²) in [5.41, 5.74) is 1.05. The van der Waals surface area contributed by atoms with E-state index in [0.717, 1.165) is 25.0 Å². The molecule has 0 amide bonds. The minimum atomic E-state index is 0.151. The zero-order valence-electron chi connectivity index (χ0n) is 8.76. The van der Waals surface area contributed by atoms with Crippen molar-refractivity contribution in [2.24, 2.45) is 0 Å². The molecule has 1 fully saturated rings. The van der Waals surface area contributed by atoms with Crippen LogP contribution < -0.4 is 0 Å². The van der Waals surface area contributed by atoms with Crippen molar-refractivity contribution >= 4 is 39.1 Å². The fourth-order valence-corrected chi connectivity index (χ4v) is 3.40. The molecular formula is C12H13BrCl2O. The summed E-state index contributed by atoms with van der Waals surface area (Å²) in [5, 5.41) is 1.36. The smallest absolute Gasteiger partial charge is 0.0741 e. The summed E-state index contributed by atoms with van der Waals surface area (Å²) in [4.78, 5) is 0.151. The summed E-state index contributed by atoms with van der Waals surface area (Å²) < 4.78 is 5.74. The maximum Gasteiger partial charge on any atom is 0.0741 e. The van der Waals surface area contributed by atoms with Crippen LogP contribution in [0.25, 0.3) is 0 Å². The minimum absolute atomic E-state index is 0.151. The highest BCUT2D eigenvalue weighted by molar-refractivity contribution is 9.09. The van der Waals surface area contributed by atoms with Crippen molar-refractivity contribution in [1.82, 2.24) is 0 Å². The van der Waals surface area contributed by atoms with Crippen LogP contribution in [-0.2, 0) is 4.74 Å². The second-order valence-corrected chi connectivity index (χ2v) is 5.80. The Morgan fingerprint density at radius 2 is 2.12 bits per heavy atom. The molecule has 16 heavy (non-hydrogen) atoms. The van der Waals surface area contributed by atoms with E-state index in [1.54, 1.807) is 6.07 Å². The molecular weight excluding hydrogens is 311 g/mol. The lowest BCUT2D eigenvalue weighted by Crippen LogP contribution is -2.23. The van der Waals surface area contributed by atoms with Crippen LogP contribution >= 0.6 is 39.1 Å². The number of hydrogen-bond donors (Lipinski definition) is 0. The Hall–Kier alpha value is 0.240. The monoisotopic (exact) mass is 322 g/mol. The van der Waals surface area contributed by atoms with E-state index in [1.165, 1.54) is 6.42 Å². The minimum Gasteiger partial charge on any atom is -0.377 e. The second-order valence-electron chi connectivity index (χ2n) is 3.97. The highest BCUT2D eigenvalue weighted by Crippen LogP contribution is 2.37. The van der Waals surface area contributed by atoms with Gasteiger partial charge in [0.25, 0.3) is 0 Å². The van der Waals surface area contributed by atoms with E-state index in [0.29, 0.717) is 10.0 Å². The Balaban J connectivity index is 2.15. The van der Waals surface area contributed by atoms with E-state index in [9.17, 15) is 0 Å². The molecule has 88 valence electrons. The number of ether oxygens (including phenoxy) is 1. The summed E-state index contributed by atoms with van der Waals surface area (Å²) in [6.07, 6.45) is 3.67. The lowest BCUT2D eigenvalue weighted by Gasteiger charge is -2.27. The Morgan fingerprint density at radius 3 is 2.75 bits per heavy atom.